The predicted octanol–water partition coefficient (Wildman–Crippen LogP) is 4.59. The van der Waals surface area contributed by atoms with Crippen LogP contribution in [0.1, 0.15) is 43.9 Å². The van der Waals surface area contributed by atoms with Crippen molar-refractivity contribution in [2.24, 2.45) is 5.92 Å². The number of halogens is 3. The smallest absolute Gasteiger partial charge is 0.372 e. The van der Waals surface area contributed by atoms with Crippen molar-refractivity contribution < 1.29 is 26.4 Å². The van der Waals surface area contributed by atoms with Crippen LogP contribution < -0.4 is 14.5 Å². The molecule has 0 aromatic heterocycles. The van der Waals surface area contributed by atoms with Crippen LogP contribution in [0.25, 0.3) is 0 Å². The number of piperidine rings is 1. The average molecular weight is 498 g/mol. The topological polar surface area (TPSA) is 69.7 Å². The maximum atomic E-state index is 13.1. The molecule has 1 aliphatic heterocycles. The van der Waals surface area contributed by atoms with E-state index >= 15 is 0 Å². The minimum Gasteiger partial charge on any atom is -0.372 e. The Labute approximate surface area is 198 Å². The Morgan fingerprint density at radius 1 is 1.15 bits per heavy atom. The molecule has 0 radical (unpaired) electrons. The van der Waals surface area contributed by atoms with Crippen LogP contribution in [0.2, 0.25) is 0 Å². The first-order valence-electron chi connectivity index (χ1n) is 11.1. The first kappa shape index (κ1) is 25.9. The minimum atomic E-state index is -4.63. The fraction of sp³-hybridized carbons (Fsp3) is 0.458. The van der Waals surface area contributed by atoms with Gasteiger partial charge in [0.1, 0.15) is 6.54 Å². The molecule has 0 aliphatic carbocycles. The number of carbonyl (C=O) groups is 1. The molecule has 2 aromatic rings. The zero-order chi connectivity index (χ0) is 25.1. The molecule has 1 atom stereocenters. The third-order valence-corrected chi connectivity index (χ3v) is 7.21. The number of carbonyl (C=O) groups excluding carboxylic acids is 1. The highest BCUT2D eigenvalue weighted by atomic mass is 32.2. The van der Waals surface area contributed by atoms with Crippen LogP contribution in [-0.4, -0.2) is 40.2 Å². The molecule has 1 saturated heterocycles. The van der Waals surface area contributed by atoms with Crippen LogP contribution in [0.3, 0.4) is 0 Å². The zero-order valence-electron chi connectivity index (χ0n) is 19.5. The van der Waals surface area contributed by atoms with Crippen LogP contribution in [0.5, 0.6) is 0 Å². The van der Waals surface area contributed by atoms with Gasteiger partial charge in [0.2, 0.25) is 15.9 Å². The third-order valence-electron chi connectivity index (χ3n) is 6.07. The SMILES string of the molecule is CC1CCN(c2ccc(C(C)NC(=O)CN(c3cccc(C(F)(F)F)c3)S(C)(=O)=O)cc2)CC1. The van der Waals surface area contributed by atoms with E-state index in [1.54, 1.807) is 6.92 Å². The van der Waals surface area contributed by atoms with Crippen molar-refractivity contribution in [1.29, 1.82) is 0 Å². The maximum absolute atomic E-state index is 13.1. The number of anilines is 2. The van der Waals surface area contributed by atoms with Crippen molar-refractivity contribution in [2.75, 3.05) is 35.1 Å². The van der Waals surface area contributed by atoms with E-state index in [0.29, 0.717) is 4.31 Å². The summed E-state index contributed by atoms with van der Waals surface area (Å²) in [7, 11) is -4.00. The van der Waals surface area contributed by atoms with Gasteiger partial charge in [-0.05, 0) is 61.6 Å². The van der Waals surface area contributed by atoms with E-state index < -0.39 is 40.3 Å². The highest BCUT2D eigenvalue weighted by Gasteiger charge is 2.32. The standard InChI is InChI=1S/C24H30F3N3O3S/c1-17-11-13-29(14-12-17)21-9-7-19(8-10-21)18(2)28-23(31)16-30(34(3,32)33)22-6-4-5-20(15-22)24(25,26)27/h4-10,15,17-18H,11-14,16H2,1-3H3,(H,28,31). The Bertz CT molecular complexity index is 1100. The lowest BCUT2D eigenvalue weighted by molar-refractivity contribution is -0.137. The molecule has 0 bridgehead atoms. The van der Waals surface area contributed by atoms with Gasteiger partial charge in [0.15, 0.2) is 0 Å². The lowest BCUT2D eigenvalue weighted by Gasteiger charge is -2.32. The molecular formula is C24H30F3N3O3S. The van der Waals surface area contributed by atoms with Crippen molar-refractivity contribution in [1.82, 2.24) is 5.32 Å². The number of sulfonamides is 1. The molecule has 1 N–H and O–H groups in total. The molecule has 34 heavy (non-hydrogen) atoms. The highest BCUT2D eigenvalue weighted by Crippen LogP contribution is 2.32. The van der Waals surface area contributed by atoms with E-state index in [-0.39, 0.29) is 5.69 Å². The van der Waals surface area contributed by atoms with Crippen LogP contribution in [0.15, 0.2) is 48.5 Å². The molecule has 1 amide bonds. The number of nitrogens with one attached hydrogen (secondary N) is 1. The number of rotatable bonds is 7. The molecule has 1 heterocycles. The second kappa shape index (κ2) is 10.2. The Balaban J connectivity index is 1.68. The molecule has 2 aromatic carbocycles. The maximum Gasteiger partial charge on any atom is 0.416 e. The molecule has 0 saturated carbocycles. The van der Waals surface area contributed by atoms with Gasteiger partial charge in [0.05, 0.1) is 23.5 Å². The molecule has 186 valence electrons. The van der Waals surface area contributed by atoms with E-state index in [0.717, 1.165) is 67.6 Å². The third kappa shape index (κ3) is 6.65. The van der Waals surface area contributed by atoms with Gasteiger partial charge in [-0.25, -0.2) is 8.42 Å². The summed E-state index contributed by atoms with van der Waals surface area (Å²) in [5, 5.41) is 2.74. The van der Waals surface area contributed by atoms with E-state index in [9.17, 15) is 26.4 Å². The molecule has 10 heteroatoms. The normalized spacial score (nSPS) is 16.2. The largest absolute Gasteiger partial charge is 0.416 e. The lowest BCUT2D eigenvalue weighted by Crippen LogP contribution is -2.41. The fourth-order valence-corrected chi connectivity index (χ4v) is 4.83. The Hall–Kier alpha value is -2.75. The van der Waals surface area contributed by atoms with Crippen LogP contribution in [0, 0.1) is 5.92 Å². The molecule has 1 aliphatic rings. The molecular weight excluding hydrogens is 467 g/mol. The van der Waals surface area contributed by atoms with Crippen LogP contribution in [-0.2, 0) is 21.0 Å². The van der Waals surface area contributed by atoms with Crippen LogP contribution >= 0.6 is 0 Å². The van der Waals surface area contributed by atoms with E-state index in [4.69, 9.17) is 0 Å². The van der Waals surface area contributed by atoms with E-state index in [1.165, 1.54) is 6.07 Å². The van der Waals surface area contributed by atoms with Crippen molar-refractivity contribution >= 4 is 27.3 Å². The van der Waals surface area contributed by atoms with Gasteiger partial charge < -0.3 is 10.2 Å². The summed E-state index contributed by atoms with van der Waals surface area (Å²) in [6, 6.07) is 11.3. The number of benzene rings is 2. The number of hydrogen-bond donors (Lipinski definition) is 1. The van der Waals surface area contributed by atoms with Crippen molar-refractivity contribution in [3.05, 3.63) is 59.7 Å². The van der Waals surface area contributed by atoms with Gasteiger partial charge >= 0.3 is 6.18 Å². The molecule has 0 spiro atoms. The summed E-state index contributed by atoms with van der Waals surface area (Å²) in [5.41, 5.74) is 0.741. The van der Waals surface area contributed by atoms with Gasteiger partial charge in [0.25, 0.3) is 0 Å². The highest BCUT2D eigenvalue weighted by molar-refractivity contribution is 7.92. The van der Waals surface area contributed by atoms with E-state index in [1.807, 2.05) is 24.3 Å². The summed E-state index contributed by atoms with van der Waals surface area (Å²) < 4.78 is 64.4. The Morgan fingerprint density at radius 3 is 2.32 bits per heavy atom. The van der Waals surface area contributed by atoms with Crippen LogP contribution in [0.4, 0.5) is 24.5 Å². The number of nitrogens with zero attached hydrogens (tertiary/aromatic N) is 2. The van der Waals surface area contributed by atoms with Gasteiger partial charge in [-0.2, -0.15) is 13.2 Å². The van der Waals surface area contributed by atoms with Gasteiger partial charge in [-0.15, -0.1) is 0 Å². The summed E-state index contributed by atoms with van der Waals surface area (Å²) in [6.45, 7) is 5.40. The zero-order valence-corrected chi connectivity index (χ0v) is 20.3. The van der Waals surface area contributed by atoms with Gasteiger partial charge in [-0.1, -0.05) is 25.1 Å². The summed E-state index contributed by atoms with van der Waals surface area (Å²) in [4.78, 5) is 15.0. The monoisotopic (exact) mass is 497 g/mol. The second-order valence-corrected chi connectivity index (χ2v) is 10.8. The summed E-state index contributed by atoms with van der Waals surface area (Å²) in [5.74, 6) is 0.109. The lowest BCUT2D eigenvalue weighted by atomic mass is 9.98. The minimum absolute atomic E-state index is 0.222. The first-order valence-corrected chi connectivity index (χ1v) is 13.0. The number of alkyl halides is 3. The van der Waals surface area contributed by atoms with Gasteiger partial charge in [0, 0.05) is 18.8 Å². The molecule has 6 nitrogen and oxygen atoms in total. The van der Waals surface area contributed by atoms with E-state index in [2.05, 4.69) is 17.1 Å². The van der Waals surface area contributed by atoms with Gasteiger partial charge in [-0.3, -0.25) is 9.10 Å². The summed E-state index contributed by atoms with van der Waals surface area (Å²) >= 11 is 0. The first-order chi connectivity index (χ1) is 15.8. The number of hydrogen-bond acceptors (Lipinski definition) is 4. The molecule has 3 rings (SSSR count). The van der Waals surface area contributed by atoms with Crippen molar-refractivity contribution in [2.45, 2.75) is 38.9 Å². The molecule has 1 fully saturated rings. The summed E-state index contributed by atoms with van der Waals surface area (Å²) in [6.07, 6.45) is -1.48. The average Bonchev–Trinajstić information content (AvgIpc) is 2.77. The second-order valence-electron chi connectivity index (χ2n) is 8.87. The Morgan fingerprint density at radius 2 is 1.76 bits per heavy atom. The quantitative estimate of drug-likeness (QED) is 0.608. The van der Waals surface area contributed by atoms with Crippen molar-refractivity contribution in [3.63, 3.8) is 0 Å². The number of amides is 1. The fourth-order valence-electron chi connectivity index (χ4n) is 3.98. The van der Waals surface area contributed by atoms with Crippen molar-refractivity contribution in [3.8, 4) is 0 Å². The Kier molecular flexibility index (Phi) is 7.80. The molecule has 1 unspecified atom stereocenters. The predicted molar refractivity (Wildman–Crippen MR) is 127 cm³/mol.